The van der Waals surface area contributed by atoms with Crippen molar-refractivity contribution in [2.24, 2.45) is 0 Å². The Kier molecular flexibility index (Phi) is 6.49. The van der Waals surface area contributed by atoms with E-state index in [-0.39, 0.29) is 0 Å². The maximum atomic E-state index is 11.0. The lowest BCUT2D eigenvalue weighted by molar-refractivity contribution is -0.124. The van der Waals surface area contributed by atoms with E-state index in [1.807, 2.05) is 30.3 Å². The summed E-state index contributed by atoms with van der Waals surface area (Å²) < 4.78 is 0. The molecule has 6 heteroatoms. The number of carbonyl (C=O) groups excluding carboxylic acids is 1. The van der Waals surface area contributed by atoms with Gasteiger partial charge in [0, 0.05) is 23.8 Å². The number of benzene rings is 2. The molecule has 1 amide bonds. The van der Waals surface area contributed by atoms with E-state index in [0.717, 1.165) is 47.2 Å². The Hall–Kier alpha value is -2.93. The normalized spacial score (nSPS) is 12.0. The lowest BCUT2D eigenvalue weighted by atomic mass is 10.1. The molecule has 0 saturated heterocycles. The number of amides is 1. The van der Waals surface area contributed by atoms with Gasteiger partial charge in [-0.2, -0.15) is 0 Å². The third-order valence-corrected chi connectivity index (χ3v) is 4.78. The fraction of sp³-hybridized carbons (Fsp3) is 0.261. The topological polar surface area (TPSA) is 97.4 Å². The summed E-state index contributed by atoms with van der Waals surface area (Å²) in [6.07, 6.45) is 3.82. The fourth-order valence-electron chi connectivity index (χ4n) is 3.08. The Bertz CT molecular complexity index is 998. The second kappa shape index (κ2) is 9.05. The molecule has 3 rings (SSSR count). The van der Waals surface area contributed by atoms with Gasteiger partial charge in [0.05, 0.1) is 5.60 Å². The van der Waals surface area contributed by atoms with Gasteiger partial charge < -0.3 is 15.4 Å². The van der Waals surface area contributed by atoms with Gasteiger partial charge in [-0.1, -0.05) is 36.4 Å². The van der Waals surface area contributed by atoms with Crippen LogP contribution >= 0.6 is 0 Å². The Morgan fingerprint density at radius 2 is 1.83 bits per heavy atom. The summed E-state index contributed by atoms with van der Waals surface area (Å²) in [7, 11) is 0. The van der Waals surface area contributed by atoms with Crippen LogP contribution in [0.3, 0.4) is 0 Å². The number of hydrogen-bond acceptors (Lipinski definition) is 4. The van der Waals surface area contributed by atoms with E-state index < -0.39 is 11.5 Å². The average Bonchev–Trinajstić information content (AvgIpc) is 3.14. The molecule has 29 heavy (non-hydrogen) atoms. The minimum Gasteiger partial charge on any atom is -0.384 e. The van der Waals surface area contributed by atoms with Gasteiger partial charge in [0.25, 0.3) is 5.91 Å². The fourth-order valence-corrected chi connectivity index (χ4v) is 3.08. The maximum absolute atomic E-state index is 11.0. The van der Waals surface area contributed by atoms with Crippen LogP contribution in [-0.4, -0.2) is 27.7 Å². The van der Waals surface area contributed by atoms with Gasteiger partial charge in [0.15, 0.2) is 0 Å². The number of aromatic amines is 1. The Balaban J connectivity index is 1.50. The summed E-state index contributed by atoms with van der Waals surface area (Å²) in [6.45, 7) is 5.16. The number of fused-ring (bicyclic) bond motifs is 1. The van der Waals surface area contributed by atoms with E-state index >= 15 is 0 Å². The molecular formula is C23H27N3O3. The summed E-state index contributed by atoms with van der Waals surface area (Å²) in [5.41, 5.74) is 5.82. The van der Waals surface area contributed by atoms with Crippen LogP contribution in [0.1, 0.15) is 36.2 Å². The molecule has 0 aliphatic carbocycles. The summed E-state index contributed by atoms with van der Waals surface area (Å²) >= 11 is 0. The van der Waals surface area contributed by atoms with E-state index in [0.29, 0.717) is 0 Å². The second-order valence-corrected chi connectivity index (χ2v) is 7.64. The van der Waals surface area contributed by atoms with E-state index in [1.165, 1.54) is 11.6 Å². The van der Waals surface area contributed by atoms with Crippen LogP contribution in [0.2, 0.25) is 0 Å². The van der Waals surface area contributed by atoms with Crippen molar-refractivity contribution in [3.8, 4) is 0 Å². The Morgan fingerprint density at radius 3 is 2.52 bits per heavy atom. The van der Waals surface area contributed by atoms with Crippen LogP contribution in [0.4, 0.5) is 0 Å². The van der Waals surface area contributed by atoms with Gasteiger partial charge in [-0.3, -0.25) is 10.0 Å². The minimum absolute atomic E-state index is 0.551. The number of hydrogen-bond donors (Lipinski definition) is 5. The molecular weight excluding hydrogens is 366 g/mol. The lowest BCUT2D eigenvalue weighted by Crippen LogP contribution is -2.16. The number of hydroxylamine groups is 1. The average molecular weight is 393 g/mol. The van der Waals surface area contributed by atoms with Crippen molar-refractivity contribution in [3.63, 3.8) is 0 Å². The molecule has 152 valence electrons. The molecule has 0 radical (unpaired) electrons. The minimum atomic E-state index is -0.878. The zero-order chi connectivity index (χ0) is 20.9. The maximum Gasteiger partial charge on any atom is 0.267 e. The summed E-state index contributed by atoms with van der Waals surface area (Å²) in [5.74, 6) is -0.551. The van der Waals surface area contributed by atoms with Crippen LogP contribution in [0.5, 0.6) is 0 Å². The van der Waals surface area contributed by atoms with Crippen molar-refractivity contribution in [1.82, 2.24) is 15.8 Å². The van der Waals surface area contributed by atoms with Crippen LogP contribution in [0.25, 0.3) is 17.0 Å². The highest BCUT2D eigenvalue weighted by Gasteiger charge is 2.18. The smallest absolute Gasteiger partial charge is 0.267 e. The first kappa shape index (κ1) is 20.8. The zero-order valence-electron chi connectivity index (χ0n) is 16.7. The van der Waals surface area contributed by atoms with Crippen molar-refractivity contribution in [2.45, 2.75) is 32.4 Å². The van der Waals surface area contributed by atoms with Gasteiger partial charge in [0.2, 0.25) is 0 Å². The van der Waals surface area contributed by atoms with Crippen LogP contribution in [0, 0.1) is 0 Å². The van der Waals surface area contributed by atoms with E-state index in [4.69, 9.17) is 5.21 Å². The van der Waals surface area contributed by atoms with Crippen LogP contribution in [0.15, 0.2) is 54.6 Å². The quantitative estimate of drug-likeness (QED) is 0.176. The molecule has 1 heterocycles. The number of nitrogens with one attached hydrogen (secondary N) is 3. The van der Waals surface area contributed by atoms with Gasteiger partial charge in [0.1, 0.15) is 0 Å². The number of rotatable bonds is 8. The van der Waals surface area contributed by atoms with E-state index in [2.05, 4.69) is 28.5 Å². The Labute approximate surface area is 170 Å². The third kappa shape index (κ3) is 5.77. The molecule has 0 fully saturated rings. The van der Waals surface area contributed by atoms with Gasteiger partial charge in [-0.15, -0.1) is 0 Å². The summed E-state index contributed by atoms with van der Waals surface area (Å²) in [6, 6.07) is 16.2. The molecule has 0 saturated carbocycles. The molecule has 0 aliphatic rings. The zero-order valence-corrected chi connectivity index (χ0v) is 16.7. The highest BCUT2D eigenvalue weighted by Crippen LogP contribution is 2.24. The predicted molar refractivity (Wildman–Crippen MR) is 114 cm³/mol. The lowest BCUT2D eigenvalue weighted by Gasteiger charge is -2.14. The highest BCUT2D eigenvalue weighted by atomic mass is 16.5. The van der Waals surface area contributed by atoms with Crippen LogP contribution in [-0.2, 0) is 23.4 Å². The molecule has 6 nitrogen and oxygen atoms in total. The largest absolute Gasteiger partial charge is 0.384 e. The van der Waals surface area contributed by atoms with Crippen molar-refractivity contribution in [1.29, 1.82) is 0 Å². The molecule has 0 atom stereocenters. The van der Waals surface area contributed by atoms with Crippen molar-refractivity contribution >= 4 is 22.9 Å². The van der Waals surface area contributed by atoms with E-state index in [9.17, 15) is 9.90 Å². The van der Waals surface area contributed by atoms with Crippen molar-refractivity contribution < 1.29 is 15.1 Å². The number of carbonyl (C=O) groups is 1. The van der Waals surface area contributed by atoms with Gasteiger partial charge >= 0.3 is 0 Å². The first-order chi connectivity index (χ1) is 13.8. The standard InChI is InChI=1S/C23H27N3O3/c1-23(2,28)21-14-19-9-7-17(13-20(19)25-21)11-12-24-15-18-5-3-16(4-6-18)8-10-22(27)26-29/h3-10,13-14,24-25,28-29H,11-12,15H2,1-2H3,(H,26,27)/b10-8+. The van der Waals surface area contributed by atoms with Gasteiger partial charge in [-0.25, -0.2) is 5.48 Å². The first-order valence-electron chi connectivity index (χ1n) is 9.61. The van der Waals surface area contributed by atoms with Crippen molar-refractivity contribution in [3.05, 3.63) is 77.0 Å². The summed E-state index contributed by atoms with van der Waals surface area (Å²) in [4.78, 5) is 14.3. The van der Waals surface area contributed by atoms with Gasteiger partial charge in [-0.05, 0) is 67.1 Å². The monoisotopic (exact) mass is 393 g/mol. The molecule has 0 unspecified atom stereocenters. The number of aromatic nitrogens is 1. The molecule has 3 aromatic rings. The summed E-state index contributed by atoms with van der Waals surface area (Å²) in [5, 5.41) is 23.2. The predicted octanol–water partition coefficient (Wildman–Crippen LogP) is 3.25. The first-order valence-corrected chi connectivity index (χ1v) is 9.61. The second-order valence-electron chi connectivity index (χ2n) is 7.64. The third-order valence-electron chi connectivity index (χ3n) is 4.78. The Morgan fingerprint density at radius 1 is 1.10 bits per heavy atom. The highest BCUT2D eigenvalue weighted by molar-refractivity contribution is 5.90. The molecule has 2 aromatic carbocycles. The number of H-pyrrole nitrogens is 1. The van der Waals surface area contributed by atoms with Crippen LogP contribution < -0.4 is 10.8 Å². The molecule has 0 bridgehead atoms. The molecule has 1 aromatic heterocycles. The van der Waals surface area contributed by atoms with E-state index in [1.54, 1.807) is 25.4 Å². The SMILES string of the molecule is CC(C)(O)c1cc2ccc(CCNCc3ccc(/C=C/C(=O)NO)cc3)cc2[nH]1. The molecule has 5 N–H and O–H groups in total. The van der Waals surface area contributed by atoms with Crippen molar-refractivity contribution in [2.75, 3.05) is 6.54 Å². The molecule has 0 aliphatic heterocycles. The number of aliphatic hydroxyl groups is 1. The molecule has 0 spiro atoms.